The first-order chi connectivity index (χ1) is 13.5. The van der Waals surface area contributed by atoms with Crippen LogP contribution in [0.4, 0.5) is 0 Å². The number of ether oxygens (including phenoxy) is 2. The number of amides is 2. The van der Waals surface area contributed by atoms with Gasteiger partial charge in [-0.25, -0.2) is 5.43 Å². The Hall–Kier alpha value is -3.55. The van der Waals surface area contributed by atoms with Crippen LogP contribution in [0.25, 0.3) is 0 Å². The maximum atomic E-state index is 11.8. The molecule has 0 saturated carbocycles. The van der Waals surface area contributed by atoms with E-state index in [1.807, 2.05) is 30.3 Å². The van der Waals surface area contributed by atoms with Crippen LogP contribution in [0.15, 0.2) is 47.6 Å². The van der Waals surface area contributed by atoms with Crippen molar-refractivity contribution < 1.29 is 24.2 Å². The summed E-state index contributed by atoms with van der Waals surface area (Å²) in [7, 11) is 2.83. The average molecular weight is 385 g/mol. The zero-order valence-corrected chi connectivity index (χ0v) is 15.8. The summed E-state index contributed by atoms with van der Waals surface area (Å²) < 4.78 is 10.1. The van der Waals surface area contributed by atoms with Gasteiger partial charge < -0.3 is 19.9 Å². The molecule has 0 heterocycles. The molecule has 3 N–H and O–H groups in total. The van der Waals surface area contributed by atoms with Gasteiger partial charge in [-0.2, -0.15) is 5.10 Å². The molecule has 2 rings (SSSR count). The van der Waals surface area contributed by atoms with Crippen molar-refractivity contribution in [3.63, 3.8) is 0 Å². The largest absolute Gasteiger partial charge is 0.502 e. The zero-order valence-electron chi connectivity index (χ0n) is 15.8. The van der Waals surface area contributed by atoms with Crippen LogP contribution >= 0.6 is 0 Å². The number of phenols is 1. The van der Waals surface area contributed by atoms with E-state index in [0.29, 0.717) is 12.1 Å². The molecule has 8 nitrogen and oxygen atoms in total. The van der Waals surface area contributed by atoms with Gasteiger partial charge in [-0.1, -0.05) is 30.3 Å². The predicted octanol–water partition coefficient (Wildman–Crippen LogP) is 1.96. The number of aromatic hydroxyl groups is 1. The van der Waals surface area contributed by atoms with Crippen molar-refractivity contribution in [2.24, 2.45) is 5.10 Å². The molecule has 0 aliphatic rings. The maximum absolute atomic E-state index is 11.8. The summed E-state index contributed by atoms with van der Waals surface area (Å²) in [6, 6.07) is 12.6. The molecule has 2 aromatic carbocycles. The Morgan fingerprint density at radius 2 is 1.64 bits per heavy atom. The monoisotopic (exact) mass is 385 g/mol. The summed E-state index contributed by atoms with van der Waals surface area (Å²) in [4.78, 5) is 23.6. The summed E-state index contributed by atoms with van der Waals surface area (Å²) in [5.74, 6) is -0.267. The van der Waals surface area contributed by atoms with Crippen LogP contribution in [-0.4, -0.2) is 37.4 Å². The van der Waals surface area contributed by atoms with Gasteiger partial charge in [-0.05, 0) is 17.7 Å². The van der Waals surface area contributed by atoms with Crippen molar-refractivity contribution in [1.82, 2.24) is 10.7 Å². The molecule has 0 atom stereocenters. The highest BCUT2D eigenvalue weighted by atomic mass is 16.5. The first-order valence-corrected chi connectivity index (χ1v) is 8.61. The fraction of sp³-hybridized carbons (Fsp3) is 0.250. The van der Waals surface area contributed by atoms with Crippen LogP contribution in [0.5, 0.6) is 17.2 Å². The van der Waals surface area contributed by atoms with Gasteiger partial charge in [0.1, 0.15) is 0 Å². The Labute approximate surface area is 163 Å². The van der Waals surface area contributed by atoms with Crippen molar-refractivity contribution >= 4 is 18.0 Å². The second kappa shape index (κ2) is 10.6. The predicted molar refractivity (Wildman–Crippen MR) is 104 cm³/mol. The zero-order chi connectivity index (χ0) is 20.4. The number of hydrazone groups is 1. The minimum absolute atomic E-state index is 0.0141. The molecule has 0 aliphatic heterocycles. The second-order valence-corrected chi connectivity index (χ2v) is 5.83. The van der Waals surface area contributed by atoms with E-state index in [0.717, 1.165) is 5.56 Å². The van der Waals surface area contributed by atoms with E-state index in [9.17, 15) is 14.7 Å². The highest BCUT2D eigenvalue weighted by Gasteiger charge is 2.10. The first-order valence-electron chi connectivity index (χ1n) is 8.61. The van der Waals surface area contributed by atoms with Gasteiger partial charge in [0.05, 0.1) is 20.4 Å². The molecule has 2 aromatic rings. The highest BCUT2D eigenvalue weighted by Crippen LogP contribution is 2.36. The molecule has 0 spiro atoms. The molecular formula is C20H23N3O5. The van der Waals surface area contributed by atoms with Gasteiger partial charge in [-0.3, -0.25) is 9.59 Å². The number of benzene rings is 2. The molecule has 148 valence electrons. The third-order valence-corrected chi connectivity index (χ3v) is 3.82. The van der Waals surface area contributed by atoms with Crippen LogP contribution in [0.1, 0.15) is 24.0 Å². The van der Waals surface area contributed by atoms with Crippen molar-refractivity contribution in [1.29, 1.82) is 0 Å². The minimum Gasteiger partial charge on any atom is -0.502 e. The minimum atomic E-state index is -0.385. The normalized spacial score (nSPS) is 10.5. The van der Waals surface area contributed by atoms with E-state index in [4.69, 9.17) is 9.47 Å². The van der Waals surface area contributed by atoms with Gasteiger partial charge in [-0.15, -0.1) is 0 Å². The lowest BCUT2D eigenvalue weighted by Gasteiger charge is -2.09. The molecule has 0 aliphatic carbocycles. The molecule has 0 saturated heterocycles. The number of nitrogens with zero attached hydrogens (tertiary/aromatic N) is 1. The summed E-state index contributed by atoms with van der Waals surface area (Å²) in [6.45, 7) is 0.421. The lowest BCUT2D eigenvalue weighted by Crippen LogP contribution is -2.25. The van der Waals surface area contributed by atoms with Crippen molar-refractivity contribution in [3.8, 4) is 17.2 Å². The van der Waals surface area contributed by atoms with Crippen LogP contribution in [0, 0.1) is 0 Å². The number of carbonyl (C=O) groups excluding carboxylic acids is 2. The molecule has 2 amide bonds. The number of phenolic OH excluding ortho intramolecular Hbond substituents is 1. The van der Waals surface area contributed by atoms with Gasteiger partial charge >= 0.3 is 0 Å². The summed E-state index contributed by atoms with van der Waals surface area (Å²) in [5.41, 5.74) is 3.91. The van der Waals surface area contributed by atoms with Crippen LogP contribution < -0.4 is 20.2 Å². The highest BCUT2D eigenvalue weighted by molar-refractivity contribution is 5.86. The topological polar surface area (TPSA) is 109 Å². The standard InChI is InChI=1S/C20H23N3O5/c1-27-16-10-15(11-17(28-2)20(16)26)13-22-23-19(25)9-8-18(24)21-12-14-6-4-3-5-7-14/h3-7,10-11,13,26H,8-9,12H2,1-2H3,(H,21,24)(H,23,25)/b22-13+. The van der Waals surface area contributed by atoms with Gasteiger partial charge in [0.15, 0.2) is 11.5 Å². The molecule has 0 unspecified atom stereocenters. The Bertz CT molecular complexity index is 812. The Morgan fingerprint density at radius 1 is 1.04 bits per heavy atom. The van der Waals surface area contributed by atoms with Crippen LogP contribution in [0.3, 0.4) is 0 Å². The van der Waals surface area contributed by atoms with E-state index in [1.54, 1.807) is 12.1 Å². The number of nitrogens with one attached hydrogen (secondary N) is 2. The number of methoxy groups -OCH3 is 2. The van der Waals surface area contributed by atoms with Gasteiger partial charge in [0.2, 0.25) is 17.6 Å². The van der Waals surface area contributed by atoms with E-state index in [-0.39, 0.29) is 41.9 Å². The molecule has 0 radical (unpaired) electrons. The molecule has 0 bridgehead atoms. The smallest absolute Gasteiger partial charge is 0.240 e. The Balaban J connectivity index is 1.78. The van der Waals surface area contributed by atoms with E-state index in [1.165, 1.54) is 20.4 Å². The van der Waals surface area contributed by atoms with Gasteiger partial charge in [0.25, 0.3) is 0 Å². The number of carbonyl (C=O) groups is 2. The molecule has 8 heteroatoms. The lowest BCUT2D eigenvalue weighted by molar-refractivity contribution is -0.126. The second-order valence-electron chi connectivity index (χ2n) is 5.83. The summed E-state index contributed by atoms with van der Waals surface area (Å²) >= 11 is 0. The number of hydrogen-bond donors (Lipinski definition) is 3. The molecule has 0 aromatic heterocycles. The Morgan fingerprint density at radius 3 is 2.25 bits per heavy atom. The SMILES string of the molecule is COc1cc(/C=N/NC(=O)CCC(=O)NCc2ccccc2)cc(OC)c1O. The van der Waals surface area contributed by atoms with Gasteiger partial charge in [0, 0.05) is 24.9 Å². The maximum Gasteiger partial charge on any atom is 0.240 e. The summed E-state index contributed by atoms with van der Waals surface area (Å²) in [6.07, 6.45) is 1.47. The average Bonchev–Trinajstić information content (AvgIpc) is 2.72. The third kappa shape index (κ3) is 6.31. The molecule has 28 heavy (non-hydrogen) atoms. The Kier molecular flexibility index (Phi) is 7.83. The first kappa shape index (κ1) is 20.8. The number of hydrogen-bond acceptors (Lipinski definition) is 6. The summed E-state index contributed by atoms with van der Waals surface area (Å²) in [5, 5.41) is 16.5. The lowest BCUT2D eigenvalue weighted by atomic mass is 10.2. The van der Waals surface area contributed by atoms with E-state index in [2.05, 4.69) is 15.8 Å². The van der Waals surface area contributed by atoms with E-state index < -0.39 is 0 Å². The fourth-order valence-electron chi connectivity index (χ4n) is 2.33. The third-order valence-electron chi connectivity index (χ3n) is 3.82. The molecule has 0 fully saturated rings. The molecular weight excluding hydrogens is 362 g/mol. The quantitative estimate of drug-likeness (QED) is 0.452. The van der Waals surface area contributed by atoms with Crippen LogP contribution in [0.2, 0.25) is 0 Å². The van der Waals surface area contributed by atoms with Crippen molar-refractivity contribution in [3.05, 3.63) is 53.6 Å². The van der Waals surface area contributed by atoms with Crippen molar-refractivity contribution in [2.75, 3.05) is 14.2 Å². The number of rotatable bonds is 9. The van der Waals surface area contributed by atoms with Crippen molar-refractivity contribution in [2.45, 2.75) is 19.4 Å². The van der Waals surface area contributed by atoms with E-state index >= 15 is 0 Å². The van der Waals surface area contributed by atoms with Crippen LogP contribution in [-0.2, 0) is 16.1 Å². The fourth-order valence-corrected chi connectivity index (χ4v) is 2.33.